The number of halogens is 5. The largest absolute Gasteiger partial charge is 0.452 e. The second-order valence-corrected chi connectivity index (χ2v) is 9.00. The molecule has 2 heterocycles. The molecule has 3 rings (SSSR count). The Kier molecular flexibility index (Phi) is 7.38. The lowest BCUT2D eigenvalue weighted by atomic mass is 9.98. The van der Waals surface area contributed by atoms with Gasteiger partial charge in [0.1, 0.15) is 6.04 Å². The first kappa shape index (κ1) is 25.7. The van der Waals surface area contributed by atoms with Gasteiger partial charge in [0.05, 0.1) is 12.5 Å². The van der Waals surface area contributed by atoms with Crippen molar-refractivity contribution in [2.24, 2.45) is 11.3 Å². The van der Waals surface area contributed by atoms with Crippen LogP contribution in [0.2, 0.25) is 0 Å². The average Bonchev–Trinajstić information content (AvgIpc) is 3.13. The third kappa shape index (κ3) is 6.36. The van der Waals surface area contributed by atoms with Crippen molar-refractivity contribution in [3.63, 3.8) is 0 Å². The highest BCUT2D eigenvalue weighted by molar-refractivity contribution is 6.29. The molecule has 1 aromatic heterocycles. The van der Waals surface area contributed by atoms with Crippen LogP contribution < -0.4 is 16.1 Å². The normalized spacial score (nSPS) is 20.8. The summed E-state index contributed by atoms with van der Waals surface area (Å²) < 4.78 is 55.8. The Morgan fingerprint density at radius 3 is 2.56 bits per heavy atom. The van der Waals surface area contributed by atoms with Gasteiger partial charge in [-0.25, -0.2) is 9.40 Å². The number of rotatable bonds is 8. The van der Waals surface area contributed by atoms with E-state index in [-0.39, 0.29) is 24.3 Å². The second-order valence-electron chi connectivity index (χ2n) is 8.62. The lowest BCUT2D eigenvalue weighted by Gasteiger charge is -2.28. The summed E-state index contributed by atoms with van der Waals surface area (Å²) in [5.74, 6) is -5.97. The summed E-state index contributed by atoms with van der Waals surface area (Å²) in [7, 11) is 0. The van der Waals surface area contributed by atoms with E-state index >= 15 is 0 Å². The van der Waals surface area contributed by atoms with Crippen LogP contribution in [0.3, 0.4) is 0 Å². The summed E-state index contributed by atoms with van der Waals surface area (Å²) in [4.78, 5) is 49.5. The molecule has 188 valence electrons. The van der Waals surface area contributed by atoms with E-state index in [0.717, 1.165) is 12.8 Å². The van der Waals surface area contributed by atoms with E-state index in [1.165, 1.54) is 0 Å². The molecule has 2 aliphatic rings. The number of carbonyl (C=O) groups is 4. The van der Waals surface area contributed by atoms with Crippen LogP contribution in [0.15, 0.2) is 10.6 Å². The zero-order valence-electron chi connectivity index (χ0n) is 17.9. The molecule has 0 spiro atoms. The van der Waals surface area contributed by atoms with Crippen LogP contribution in [0.4, 0.5) is 17.6 Å². The van der Waals surface area contributed by atoms with Gasteiger partial charge in [-0.05, 0) is 31.1 Å². The van der Waals surface area contributed by atoms with Gasteiger partial charge in [0.15, 0.2) is 5.69 Å². The standard InChI is InChI=1S/C19H22ClF4N5O5/c1-18(3-4-18)7-11(26-15(31)10-6-12(34-28-10)19(22,23)24)16(32)27-29(17(33)13(20)21)8-9-2-5-25-14(9)30/h6,9,11,13H,2-5,7-8H2,1H3,(H,25,30)(H,26,31)(H,27,32)/t9-,11-,13-/m0/s1. The minimum Gasteiger partial charge on any atom is -0.356 e. The highest BCUT2D eigenvalue weighted by atomic mass is 35.5. The molecule has 0 radical (unpaired) electrons. The highest BCUT2D eigenvalue weighted by Gasteiger charge is 2.43. The summed E-state index contributed by atoms with van der Waals surface area (Å²) in [5, 5.41) is 8.48. The summed E-state index contributed by atoms with van der Waals surface area (Å²) in [6.07, 6.45) is -2.98. The van der Waals surface area contributed by atoms with E-state index < -0.39 is 52.9 Å². The minimum atomic E-state index is -4.86. The molecule has 1 saturated heterocycles. The van der Waals surface area contributed by atoms with E-state index in [2.05, 4.69) is 25.7 Å². The van der Waals surface area contributed by atoms with Crippen LogP contribution >= 0.6 is 11.6 Å². The molecule has 0 unspecified atom stereocenters. The Bertz CT molecular complexity index is 965. The number of nitrogens with zero attached hydrogens (tertiary/aromatic N) is 2. The Morgan fingerprint density at radius 2 is 2.06 bits per heavy atom. The minimum absolute atomic E-state index is 0.0838. The molecule has 3 N–H and O–H groups in total. The molecule has 4 amide bonds. The topological polar surface area (TPSA) is 134 Å². The summed E-state index contributed by atoms with van der Waals surface area (Å²) >= 11 is 5.24. The molecule has 2 fully saturated rings. The van der Waals surface area contributed by atoms with Gasteiger partial charge in [-0.1, -0.05) is 23.7 Å². The van der Waals surface area contributed by atoms with Gasteiger partial charge in [0.2, 0.25) is 11.7 Å². The first-order chi connectivity index (χ1) is 15.8. The van der Waals surface area contributed by atoms with Crippen molar-refractivity contribution in [1.82, 2.24) is 26.2 Å². The molecule has 0 bridgehead atoms. The lowest BCUT2D eigenvalue weighted by Crippen LogP contribution is -2.57. The Balaban J connectivity index is 1.74. The monoisotopic (exact) mass is 511 g/mol. The van der Waals surface area contributed by atoms with E-state index in [1.54, 1.807) is 0 Å². The number of aromatic nitrogens is 1. The van der Waals surface area contributed by atoms with Crippen LogP contribution in [0, 0.1) is 11.3 Å². The number of carbonyl (C=O) groups excluding carboxylic acids is 4. The van der Waals surface area contributed by atoms with Gasteiger partial charge < -0.3 is 15.2 Å². The maximum Gasteiger partial charge on any atom is 0.452 e. The number of nitrogens with one attached hydrogen (secondary N) is 3. The number of amides is 4. The molecule has 1 saturated carbocycles. The number of hydrazine groups is 1. The zero-order valence-corrected chi connectivity index (χ0v) is 18.6. The van der Waals surface area contributed by atoms with Crippen LogP contribution in [-0.2, 0) is 20.6 Å². The Labute approximate surface area is 195 Å². The van der Waals surface area contributed by atoms with Gasteiger partial charge in [-0.3, -0.25) is 24.6 Å². The van der Waals surface area contributed by atoms with Crippen molar-refractivity contribution >= 4 is 35.2 Å². The fourth-order valence-corrected chi connectivity index (χ4v) is 3.54. The molecule has 1 aliphatic heterocycles. The third-order valence-corrected chi connectivity index (χ3v) is 5.89. The molecule has 34 heavy (non-hydrogen) atoms. The molecule has 0 aromatic carbocycles. The van der Waals surface area contributed by atoms with Crippen LogP contribution in [0.1, 0.15) is 48.9 Å². The maximum absolute atomic E-state index is 13.5. The van der Waals surface area contributed by atoms with Gasteiger partial charge >= 0.3 is 6.18 Å². The van der Waals surface area contributed by atoms with Crippen molar-refractivity contribution in [2.75, 3.05) is 13.1 Å². The molecule has 1 aromatic rings. The SMILES string of the molecule is CC1(C[C@H](NC(=O)c2cc(C(F)(F)F)on2)C(=O)NN(C[C@@H]2CCNC2=O)C(=O)[C@H](F)Cl)CC1. The van der Waals surface area contributed by atoms with Crippen LogP contribution in [-0.4, -0.2) is 58.6 Å². The number of hydrogen-bond acceptors (Lipinski definition) is 6. The van der Waals surface area contributed by atoms with E-state index in [4.69, 9.17) is 11.6 Å². The Morgan fingerprint density at radius 1 is 1.38 bits per heavy atom. The molecular formula is C19H22ClF4N5O5. The van der Waals surface area contributed by atoms with Crippen molar-refractivity contribution in [3.05, 3.63) is 17.5 Å². The maximum atomic E-state index is 13.5. The van der Waals surface area contributed by atoms with Gasteiger partial charge in [0.25, 0.3) is 23.4 Å². The molecule has 1 aliphatic carbocycles. The quantitative estimate of drug-likeness (QED) is 0.275. The predicted molar refractivity (Wildman–Crippen MR) is 106 cm³/mol. The smallest absolute Gasteiger partial charge is 0.356 e. The molecule has 3 atom stereocenters. The first-order valence-corrected chi connectivity index (χ1v) is 10.8. The van der Waals surface area contributed by atoms with Crippen LogP contribution in [0.5, 0.6) is 0 Å². The average molecular weight is 512 g/mol. The number of alkyl halides is 5. The molecule has 10 nitrogen and oxygen atoms in total. The van der Waals surface area contributed by atoms with E-state index in [1.807, 2.05) is 6.92 Å². The fraction of sp³-hybridized carbons (Fsp3) is 0.632. The van der Waals surface area contributed by atoms with Gasteiger partial charge in [-0.2, -0.15) is 13.2 Å². The van der Waals surface area contributed by atoms with Crippen molar-refractivity contribution in [2.45, 2.75) is 50.5 Å². The first-order valence-electron chi connectivity index (χ1n) is 10.3. The highest BCUT2D eigenvalue weighted by Crippen LogP contribution is 2.49. The number of hydrogen-bond donors (Lipinski definition) is 3. The summed E-state index contributed by atoms with van der Waals surface area (Å²) in [5.41, 5.74) is -1.35. The third-order valence-electron chi connectivity index (χ3n) is 5.71. The molecular weight excluding hydrogens is 490 g/mol. The summed E-state index contributed by atoms with van der Waals surface area (Å²) in [6, 6.07) is -0.925. The van der Waals surface area contributed by atoms with Crippen molar-refractivity contribution in [3.8, 4) is 0 Å². The molecule has 15 heteroatoms. The summed E-state index contributed by atoms with van der Waals surface area (Å²) in [6.45, 7) is 1.81. The zero-order chi connectivity index (χ0) is 25.3. The van der Waals surface area contributed by atoms with Crippen molar-refractivity contribution < 1.29 is 41.3 Å². The fourth-order valence-electron chi connectivity index (χ4n) is 3.43. The van der Waals surface area contributed by atoms with Gasteiger partial charge in [0, 0.05) is 12.6 Å². The predicted octanol–water partition coefficient (Wildman–Crippen LogP) is 1.51. The van der Waals surface area contributed by atoms with E-state index in [0.29, 0.717) is 24.0 Å². The van der Waals surface area contributed by atoms with E-state index in [9.17, 15) is 36.7 Å². The van der Waals surface area contributed by atoms with Gasteiger partial charge in [-0.15, -0.1) is 0 Å². The van der Waals surface area contributed by atoms with Crippen molar-refractivity contribution in [1.29, 1.82) is 0 Å². The lowest BCUT2D eigenvalue weighted by molar-refractivity contribution is -0.155. The second kappa shape index (κ2) is 9.76. The van der Waals surface area contributed by atoms with Crippen LogP contribution in [0.25, 0.3) is 0 Å². The Hall–Kier alpha value is -2.90.